The number of benzene rings is 2. The third-order valence-corrected chi connectivity index (χ3v) is 3.58. The SMILES string of the molecule is Cc1cc(C)cc(N(C)C(=O)CCc2ccc(N)cc2)c1. The number of hydrogen-bond acceptors (Lipinski definition) is 2. The first-order valence-electron chi connectivity index (χ1n) is 7.15. The summed E-state index contributed by atoms with van der Waals surface area (Å²) in [5, 5.41) is 0. The molecule has 2 N–H and O–H groups in total. The molecule has 0 saturated heterocycles. The molecule has 0 radical (unpaired) electrons. The lowest BCUT2D eigenvalue weighted by atomic mass is 10.1. The predicted molar refractivity (Wildman–Crippen MR) is 88.5 cm³/mol. The van der Waals surface area contributed by atoms with Crippen LogP contribution in [0.3, 0.4) is 0 Å². The van der Waals surface area contributed by atoms with Gasteiger partial charge >= 0.3 is 0 Å². The Labute approximate surface area is 126 Å². The summed E-state index contributed by atoms with van der Waals surface area (Å²) in [6.07, 6.45) is 1.22. The molecule has 21 heavy (non-hydrogen) atoms. The standard InChI is InChI=1S/C18H22N2O/c1-13-10-14(2)12-17(11-13)20(3)18(21)9-6-15-4-7-16(19)8-5-15/h4-5,7-8,10-12H,6,9,19H2,1-3H3. The topological polar surface area (TPSA) is 46.3 Å². The van der Waals surface area contributed by atoms with Gasteiger partial charge in [0.1, 0.15) is 0 Å². The Morgan fingerprint density at radius 2 is 1.62 bits per heavy atom. The Morgan fingerprint density at radius 3 is 2.19 bits per heavy atom. The minimum absolute atomic E-state index is 0.122. The van der Waals surface area contributed by atoms with E-state index >= 15 is 0 Å². The first-order valence-corrected chi connectivity index (χ1v) is 7.15. The van der Waals surface area contributed by atoms with Gasteiger partial charge in [0.25, 0.3) is 0 Å². The lowest BCUT2D eigenvalue weighted by Crippen LogP contribution is -2.26. The fraction of sp³-hybridized carbons (Fsp3) is 0.278. The van der Waals surface area contributed by atoms with Crippen LogP contribution in [0.5, 0.6) is 0 Å². The zero-order valence-corrected chi connectivity index (χ0v) is 12.9. The predicted octanol–water partition coefficient (Wildman–Crippen LogP) is 3.48. The molecule has 0 aliphatic heterocycles. The molecule has 0 saturated carbocycles. The summed E-state index contributed by atoms with van der Waals surface area (Å²) in [5.41, 5.74) is 10.8. The largest absolute Gasteiger partial charge is 0.399 e. The number of rotatable bonds is 4. The van der Waals surface area contributed by atoms with Crippen LogP contribution < -0.4 is 10.6 Å². The first-order chi connectivity index (χ1) is 9.95. The van der Waals surface area contributed by atoms with Crippen LogP contribution in [0.2, 0.25) is 0 Å². The summed E-state index contributed by atoms with van der Waals surface area (Å²) in [5.74, 6) is 0.122. The van der Waals surface area contributed by atoms with Crippen LogP contribution in [0.1, 0.15) is 23.1 Å². The number of nitrogens with zero attached hydrogens (tertiary/aromatic N) is 1. The lowest BCUT2D eigenvalue weighted by molar-refractivity contribution is -0.118. The minimum Gasteiger partial charge on any atom is -0.399 e. The number of nitrogen functional groups attached to an aromatic ring is 1. The van der Waals surface area contributed by atoms with Crippen LogP contribution in [-0.4, -0.2) is 13.0 Å². The molecule has 0 spiro atoms. The van der Waals surface area contributed by atoms with Crippen molar-refractivity contribution in [1.29, 1.82) is 0 Å². The molecule has 0 fully saturated rings. The zero-order valence-electron chi connectivity index (χ0n) is 12.9. The minimum atomic E-state index is 0.122. The van der Waals surface area contributed by atoms with Gasteiger partial charge in [-0.2, -0.15) is 0 Å². The van der Waals surface area contributed by atoms with Crippen molar-refractivity contribution in [2.75, 3.05) is 17.7 Å². The third kappa shape index (κ3) is 4.09. The van der Waals surface area contributed by atoms with Gasteiger partial charge in [0.2, 0.25) is 5.91 Å². The molecule has 3 heteroatoms. The number of aryl methyl sites for hydroxylation is 3. The van der Waals surface area contributed by atoms with Gasteiger partial charge < -0.3 is 10.6 Å². The van der Waals surface area contributed by atoms with E-state index in [0.29, 0.717) is 6.42 Å². The van der Waals surface area contributed by atoms with Crippen LogP contribution in [0.15, 0.2) is 42.5 Å². The fourth-order valence-electron chi connectivity index (χ4n) is 2.39. The Bertz CT molecular complexity index is 612. The van der Waals surface area contributed by atoms with E-state index < -0.39 is 0 Å². The van der Waals surface area contributed by atoms with Gasteiger partial charge in [-0.3, -0.25) is 4.79 Å². The Hall–Kier alpha value is -2.29. The monoisotopic (exact) mass is 282 g/mol. The van der Waals surface area contributed by atoms with E-state index in [0.717, 1.165) is 23.4 Å². The molecule has 2 aromatic carbocycles. The molecule has 2 rings (SSSR count). The van der Waals surface area contributed by atoms with Gasteiger partial charge in [-0.15, -0.1) is 0 Å². The summed E-state index contributed by atoms with van der Waals surface area (Å²) in [4.78, 5) is 14.0. The second kappa shape index (κ2) is 6.44. The van der Waals surface area contributed by atoms with Crippen LogP contribution in [0.4, 0.5) is 11.4 Å². The van der Waals surface area contributed by atoms with Crippen molar-refractivity contribution in [3.05, 3.63) is 59.2 Å². The summed E-state index contributed by atoms with van der Waals surface area (Å²) in [6, 6.07) is 13.9. The maximum Gasteiger partial charge on any atom is 0.227 e. The van der Waals surface area contributed by atoms with E-state index in [9.17, 15) is 4.79 Å². The van der Waals surface area contributed by atoms with Crippen molar-refractivity contribution in [2.24, 2.45) is 0 Å². The van der Waals surface area contributed by atoms with Crippen molar-refractivity contribution in [1.82, 2.24) is 0 Å². The van der Waals surface area contributed by atoms with E-state index in [4.69, 9.17) is 5.73 Å². The van der Waals surface area contributed by atoms with Crippen molar-refractivity contribution in [2.45, 2.75) is 26.7 Å². The number of anilines is 2. The highest BCUT2D eigenvalue weighted by atomic mass is 16.2. The van der Waals surface area contributed by atoms with E-state index in [1.807, 2.05) is 57.3 Å². The summed E-state index contributed by atoms with van der Waals surface area (Å²) in [6.45, 7) is 4.09. The highest BCUT2D eigenvalue weighted by Crippen LogP contribution is 2.19. The molecule has 2 aromatic rings. The summed E-state index contributed by atoms with van der Waals surface area (Å²) in [7, 11) is 1.83. The quantitative estimate of drug-likeness (QED) is 0.873. The lowest BCUT2D eigenvalue weighted by Gasteiger charge is -2.18. The highest BCUT2D eigenvalue weighted by molar-refractivity contribution is 5.93. The average Bonchev–Trinajstić information content (AvgIpc) is 2.44. The summed E-state index contributed by atoms with van der Waals surface area (Å²) < 4.78 is 0. The number of nitrogens with two attached hydrogens (primary N) is 1. The van der Waals surface area contributed by atoms with Crippen molar-refractivity contribution in [3.8, 4) is 0 Å². The number of carbonyl (C=O) groups is 1. The third-order valence-electron chi connectivity index (χ3n) is 3.58. The molecule has 0 heterocycles. The molecule has 0 unspecified atom stereocenters. The van der Waals surface area contributed by atoms with Gasteiger partial charge in [-0.25, -0.2) is 0 Å². The van der Waals surface area contributed by atoms with Crippen LogP contribution in [0, 0.1) is 13.8 Å². The molecule has 1 amide bonds. The Morgan fingerprint density at radius 1 is 1.05 bits per heavy atom. The molecule has 0 atom stereocenters. The van der Waals surface area contributed by atoms with E-state index in [1.54, 1.807) is 4.90 Å². The first kappa shape index (κ1) is 15.1. The highest BCUT2D eigenvalue weighted by Gasteiger charge is 2.11. The van der Waals surface area contributed by atoms with E-state index in [1.165, 1.54) is 11.1 Å². The molecule has 0 bridgehead atoms. The second-order valence-electron chi connectivity index (χ2n) is 5.54. The van der Waals surface area contributed by atoms with Crippen molar-refractivity contribution < 1.29 is 4.79 Å². The second-order valence-corrected chi connectivity index (χ2v) is 5.54. The van der Waals surface area contributed by atoms with Crippen molar-refractivity contribution >= 4 is 17.3 Å². The van der Waals surface area contributed by atoms with Crippen LogP contribution in [0.25, 0.3) is 0 Å². The maximum atomic E-state index is 12.3. The van der Waals surface area contributed by atoms with E-state index in [-0.39, 0.29) is 5.91 Å². The van der Waals surface area contributed by atoms with E-state index in [2.05, 4.69) is 6.07 Å². The maximum absolute atomic E-state index is 12.3. The molecule has 0 aliphatic carbocycles. The molecule has 0 aromatic heterocycles. The smallest absolute Gasteiger partial charge is 0.227 e. The normalized spacial score (nSPS) is 10.4. The van der Waals surface area contributed by atoms with Crippen LogP contribution >= 0.6 is 0 Å². The van der Waals surface area contributed by atoms with Gasteiger partial charge in [0.15, 0.2) is 0 Å². The molecule has 0 aliphatic rings. The molecular weight excluding hydrogens is 260 g/mol. The van der Waals surface area contributed by atoms with Crippen LogP contribution in [-0.2, 0) is 11.2 Å². The molecule has 110 valence electrons. The number of amides is 1. The fourth-order valence-corrected chi connectivity index (χ4v) is 2.39. The number of carbonyl (C=O) groups excluding carboxylic acids is 1. The van der Waals surface area contributed by atoms with Gasteiger partial charge in [-0.1, -0.05) is 18.2 Å². The molecule has 3 nitrogen and oxygen atoms in total. The number of hydrogen-bond donors (Lipinski definition) is 1. The van der Waals surface area contributed by atoms with Crippen molar-refractivity contribution in [3.63, 3.8) is 0 Å². The molecular formula is C18H22N2O. The Kier molecular flexibility index (Phi) is 4.63. The van der Waals surface area contributed by atoms with Gasteiger partial charge in [-0.05, 0) is 61.2 Å². The van der Waals surface area contributed by atoms with Gasteiger partial charge in [0.05, 0.1) is 0 Å². The Balaban J connectivity index is 2.00. The summed E-state index contributed by atoms with van der Waals surface area (Å²) >= 11 is 0. The van der Waals surface area contributed by atoms with Gasteiger partial charge in [0, 0.05) is 24.8 Å². The average molecular weight is 282 g/mol. The zero-order chi connectivity index (χ0) is 15.4.